The van der Waals surface area contributed by atoms with Gasteiger partial charge in [0.25, 0.3) is 0 Å². The molecule has 3 atom stereocenters. The number of carbonyl (C=O) groups is 1. The van der Waals surface area contributed by atoms with Gasteiger partial charge in [-0.05, 0) is 75.7 Å². The maximum Gasteiger partial charge on any atom is 0.227 e. The maximum absolute atomic E-state index is 13.3. The zero-order valence-electron chi connectivity index (χ0n) is 17.8. The Kier molecular flexibility index (Phi) is 6.42. The van der Waals surface area contributed by atoms with Crippen molar-refractivity contribution in [1.29, 1.82) is 0 Å². The SMILES string of the molecule is CN(C(=O)Cc1cccc2occc12)C1CC[C@@]2(CCCO2)CC1N1CCCC1.Cl. The molecule has 2 unspecified atom stereocenters. The van der Waals surface area contributed by atoms with Gasteiger partial charge >= 0.3 is 0 Å². The van der Waals surface area contributed by atoms with E-state index in [1.807, 2.05) is 36.2 Å². The highest BCUT2D eigenvalue weighted by molar-refractivity contribution is 5.87. The van der Waals surface area contributed by atoms with E-state index in [4.69, 9.17) is 9.15 Å². The second-order valence-electron chi connectivity index (χ2n) is 9.19. The van der Waals surface area contributed by atoms with Crippen molar-refractivity contribution in [3.8, 4) is 0 Å². The Morgan fingerprint density at radius 2 is 2.03 bits per heavy atom. The maximum atomic E-state index is 13.3. The molecule has 30 heavy (non-hydrogen) atoms. The number of ether oxygens (including phenoxy) is 1. The molecule has 2 aromatic rings. The Bertz CT molecular complexity index is 870. The lowest BCUT2D eigenvalue weighted by atomic mass is 9.76. The lowest BCUT2D eigenvalue weighted by Crippen LogP contribution is -2.58. The topological polar surface area (TPSA) is 45.9 Å². The van der Waals surface area contributed by atoms with E-state index in [1.54, 1.807) is 6.26 Å². The number of rotatable bonds is 4. The Hall–Kier alpha value is -1.56. The molecular formula is C24H33ClN2O3. The fourth-order valence-electron chi connectivity index (χ4n) is 5.92. The number of hydrogen-bond donors (Lipinski definition) is 0. The Morgan fingerprint density at radius 3 is 2.80 bits per heavy atom. The van der Waals surface area contributed by atoms with Crippen LogP contribution in [0.3, 0.4) is 0 Å². The van der Waals surface area contributed by atoms with Gasteiger partial charge in [0.15, 0.2) is 0 Å². The van der Waals surface area contributed by atoms with Gasteiger partial charge < -0.3 is 14.1 Å². The number of likely N-dealkylation sites (N-methyl/N-ethyl adjacent to an activating group) is 1. The summed E-state index contributed by atoms with van der Waals surface area (Å²) >= 11 is 0. The van der Waals surface area contributed by atoms with Gasteiger partial charge in [-0.15, -0.1) is 12.4 Å². The Labute approximate surface area is 185 Å². The van der Waals surface area contributed by atoms with Crippen molar-refractivity contribution in [3.05, 3.63) is 36.1 Å². The number of halogens is 1. The highest BCUT2D eigenvalue weighted by Gasteiger charge is 2.47. The number of furan rings is 1. The van der Waals surface area contributed by atoms with Crippen molar-refractivity contribution < 1.29 is 13.9 Å². The highest BCUT2D eigenvalue weighted by atomic mass is 35.5. The van der Waals surface area contributed by atoms with Crippen LogP contribution in [0.1, 0.15) is 50.5 Å². The van der Waals surface area contributed by atoms with Crippen LogP contribution in [-0.2, 0) is 16.0 Å². The fraction of sp³-hybridized carbons (Fsp3) is 0.625. The predicted octanol–water partition coefficient (Wildman–Crippen LogP) is 4.42. The summed E-state index contributed by atoms with van der Waals surface area (Å²) in [5.41, 5.74) is 1.97. The molecule has 1 amide bonds. The van der Waals surface area contributed by atoms with Crippen molar-refractivity contribution >= 4 is 29.3 Å². The summed E-state index contributed by atoms with van der Waals surface area (Å²) in [5.74, 6) is 0.205. The molecule has 0 radical (unpaired) electrons. The lowest BCUT2D eigenvalue weighted by molar-refractivity contribution is -0.136. The minimum absolute atomic E-state index is 0. The predicted molar refractivity (Wildman–Crippen MR) is 120 cm³/mol. The first-order valence-electron chi connectivity index (χ1n) is 11.2. The molecule has 1 aromatic heterocycles. The van der Waals surface area contributed by atoms with Gasteiger partial charge in [0.2, 0.25) is 5.91 Å². The quantitative estimate of drug-likeness (QED) is 0.717. The molecule has 0 bridgehead atoms. The van der Waals surface area contributed by atoms with E-state index in [9.17, 15) is 4.79 Å². The van der Waals surface area contributed by atoms with Gasteiger partial charge in [-0.3, -0.25) is 9.69 Å². The summed E-state index contributed by atoms with van der Waals surface area (Å²) < 4.78 is 11.8. The molecule has 6 heteroatoms. The number of amides is 1. The standard InChI is InChI=1S/C24H32N2O3.ClH/c1-25(23(27)16-18-6-4-7-22-19(18)9-15-28-22)20-8-11-24(10-5-14-29-24)17-21(20)26-12-2-3-13-26;/h4,6-7,9,15,20-21H,2-3,5,8,10-14,16-17H2,1H3;1H/t20?,21?,24-;/m0./s1. The summed E-state index contributed by atoms with van der Waals surface area (Å²) in [6.45, 7) is 3.22. The molecule has 3 fully saturated rings. The molecule has 1 aromatic carbocycles. The average Bonchev–Trinajstić information content (AvgIpc) is 3.49. The van der Waals surface area contributed by atoms with Gasteiger partial charge in [0.05, 0.1) is 18.3 Å². The van der Waals surface area contributed by atoms with Crippen molar-refractivity contribution in [2.24, 2.45) is 0 Å². The van der Waals surface area contributed by atoms with Gasteiger partial charge in [0, 0.05) is 31.1 Å². The molecule has 1 saturated carbocycles. The third kappa shape index (κ3) is 4.00. The second kappa shape index (κ2) is 8.89. The van der Waals surface area contributed by atoms with E-state index in [-0.39, 0.29) is 30.0 Å². The zero-order chi connectivity index (χ0) is 19.8. The van der Waals surface area contributed by atoms with E-state index in [0.717, 1.165) is 55.5 Å². The number of carbonyl (C=O) groups excluding carboxylic acids is 1. The first-order chi connectivity index (χ1) is 14.2. The third-order valence-corrected chi connectivity index (χ3v) is 7.53. The number of nitrogens with zero attached hydrogens (tertiary/aromatic N) is 2. The van der Waals surface area contributed by atoms with Crippen LogP contribution >= 0.6 is 12.4 Å². The van der Waals surface area contributed by atoms with Gasteiger partial charge in [-0.25, -0.2) is 0 Å². The summed E-state index contributed by atoms with van der Waals surface area (Å²) in [5, 5.41) is 1.05. The van der Waals surface area contributed by atoms with Crippen molar-refractivity contribution in [2.75, 3.05) is 26.7 Å². The van der Waals surface area contributed by atoms with Gasteiger partial charge in [-0.1, -0.05) is 12.1 Å². The highest BCUT2D eigenvalue weighted by Crippen LogP contribution is 2.43. The molecule has 3 aliphatic rings. The molecule has 1 aliphatic carbocycles. The van der Waals surface area contributed by atoms with E-state index in [2.05, 4.69) is 4.90 Å². The molecule has 1 spiro atoms. The first kappa shape index (κ1) is 21.7. The number of fused-ring (bicyclic) bond motifs is 1. The molecule has 5 nitrogen and oxygen atoms in total. The van der Waals surface area contributed by atoms with Crippen LogP contribution < -0.4 is 0 Å². The van der Waals surface area contributed by atoms with Crippen LogP contribution in [0, 0.1) is 0 Å². The molecule has 3 heterocycles. The largest absolute Gasteiger partial charge is 0.464 e. The molecule has 2 saturated heterocycles. The third-order valence-electron chi connectivity index (χ3n) is 7.53. The monoisotopic (exact) mass is 432 g/mol. The normalized spacial score (nSPS) is 29.4. The van der Waals surface area contributed by atoms with Gasteiger partial charge in [0.1, 0.15) is 5.58 Å². The fourth-order valence-corrected chi connectivity index (χ4v) is 5.92. The molecule has 5 rings (SSSR count). The summed E-state index contributed by atoms with van der Waals surface area (Å²) in [4.78, 5) is 18.0. The van der Waals surface area contributed by atoms with E-state index >= 15 is 0 Å². The first-order valence-corrected chi connectivity index (χ1v) is 11.2. The van der Waals surface area contributed by atoms with Crippen LogP contribution in [0.15, 0.2) is 34.9 Å². The van der Waals surface area contributed by atoms with Crippen LogP contribution in [0.5, 0.6) is 0 Å². The summed E-state index contributed by atoms with van der Waals surface area (Å²) in [7, 11) is 2.01. The van der Waals surface area contributed by atoms with Crippen molar-refractivity contribution in [3.63, 3.8) is 0 Å². The number of likely N-dealkylation sites (tertiary alicyclic amines) is 1. The van der Waals surface area contributed by atoms with Crippen molar-refractivity contribution in [2.45, 2.75) is 69.1 Å². The smallest absolute Gasteiger partial charge is 0.227 e. The van der Waals surface area contributed by atoms with Crippen LogP contribution in [0.4, 0.5) is 0 Å². The van der Waals surface area contributed by atoms with Crippen LogP contribution in [0.25, 0.3) is 11.0 Å². The van der Waals surface area contributed by atoms with E-state index in [1.165, 1.54) is 25.7 Å². The molecule has 2 aliphatic heterocycles. The second-order valence-corrected chi connectivity index (χ2v) is 9.19. The zero-order valence-corrected chi connectivity index (χ0v) is 18.7. The average molecular weight is 433 g/mol. The van der Waals surface area contributed by atoms with Crippen molar-refractivity contribution in [1.82, 2.24) is 9.80 Å². The van der Waals surface area contributed by atoms with E-state index in [0.29, 0.717) is 12.5 Å². The minimum atomic E-state index is 0. The Morgan fingerprint density at radius 1 is 1.20 bits per heavy atom. The van der Waals surface area contributed by atoms with Crippen LogP contribution in [0.2, 0.25) is 0 Å². The summed E-state index contributed by atoms with van der Waals surface area (Å²) in [6.07, 6.45) is 10.2. The van der Waals surface area contributed by atoms with E-state index < -0.39 is 0 Å². The lowest BCUT2D eigenvalue weighted by Gasteiger charge is -2.48. The number of hydrogen-bond acceptors (Lipinski definition) is 4. The molecular weight excluding hydrogens is 400 g/mol. The summed E-state index contributed by atoms with van der Waals surface area (Å²) in [6, 6.07) is 8.64. The molecule has 0 N–H and O–H groups in total. The minimum Gasteiger partial charge on any atom is -0.464 e. The molecule has 164 valence electrons. The van der Waals surface area contributed by atoms with Crippen LogP contribution in [-0.4, -0.2) is 60.1 Å². The number of benzene rings is 1. The Balaban J connectivity index is 0.00000218. The van der Waals surface area contributed by atoms with Gasteiger partial charge in [-0.2, -0.15) is 0 Å².